The Morgan fingerprint density at radius 2 is 2.33 bits per heavy atom. The Bertz CT molecular complexity index is 298. The molecule has 1 atom stereocenters. The van der Waals surface area contributed by atoms with E-state index >= 15 is 0 Å². The van der Waals surface area contributed by atoms with Gasteiger partial charge < -0.3 is 5.11 Å². The van der Waals surface area contributed by atoms with Gasteiger partial charge in [-0.2, -0.15) is 0 Å². The molecule has 0 aromatic carbocycles. The van der Waals surface area contributed by atoms with Gasteiger partial charge in [0.05, 0.1) is 0 Å². The average Bonchev–Trinajstić information content (AvgIpc) is 2.12. The minimum absolute atomic E-state index is 0.209. The molecule has 2 heteroatoms. The van der Waals surface area contributed by atoms with Gasteiger partial charge in [0.15, 0.2) is 0 Å². The van der Waals surface area contributed by atoms with Gasteiger partial charge in [-0.15, -0.1) is 0 Å². The molecule has 1 aliphatic carbocycles. The summed E-state index contributed by atoms with van der Waals surface area (Å²) in [6.45, 7) is 6.67. The van der Waals surface area contributed by atoms with E-state index in [9.17, 15) is 4.79 Å². The van der Waals surface area contributed by atoms with E-state index in [2.05, 4.69) is 26.8 Å². The summed E-state index contributed by atoms with van der Waals surface area (Å²) in [7, 11) is 0. The third-order valence-electron chi connectivity index (χ3n) is 3.68. The second kappa shape index (κ2) is 4.65. The molecule has 15 heavy (non-hydrogen) atoms. The Labute approximate surface area is 91.7 Å². The number of hydrogen-bond donors (Lipinski definition) is 1. The third-order valence-corrected chi connectivity index (χ3v) is 3.68. The first-order valence-electron chi connectivity index (χ1n) is 5.51. The maximum Gasteiger partial charge on any atom is 0.327 e. The van der Waals surface area contributed by atoms with Crippen LogP contribution in [0.15, 0.2) is 23.8 Å². The summed E-state index contributed by atoms with van der Waals surface area (Å²) in [6.07, 6.45) is 8.49. The molecule has 1 aliphatic rings. The van der Waals surface area contributed by atoms with Crippen LogP contribution in [0.5, 0.6) is 0 Å². The van der Waals surface area contributed by atoms with Gasteiger partial charge in [0.2, 0.25) is 0 Å². The molecule has 1 N–H and O–H groups in total. The lowest BCUT2D eigenvalue weighted by molar-refractivity contribution is -0.131. The number of allylic oxidation sites excluding steroid dienone is 3. The Morgan fingerprint density at radius 3 is 2.93 bits per heavy atom. The van der Waals surface area contributed by atoms with Gasteiger partial charge in [-0.25, -0.2) is 4.79 Å². The molecule has 0 spiro atoms. The average molecular weight is 208 g/mol. The van der Waals surface area contributed by atoms with Gasteiger partial charge in [0.1, 0.15) is 0 Å². The van der Waals surface area contributed by atoms with Crippen LogP contribution in [-0.2, 0) is 4.79 Å². The molecule has 0 bridgehead atoms. The van der Waals surface area contributed by atoms with E-state index in [1.54, 1.807) is 6.08 Å². The highest BCUT2D eigenvalue weighted by atomic mass is 16.4. The summed E-state index contributed by atoms with van der Waals surface area (Å²) in [5.41, 5.74) is 1.64. The predicted molar refractivity (Wildman–Crippen MR) is 61.7 cm³/mol. The van der Waals surface area contributed by atoms with E-state index in [0.717, 1.165) is 19.3 Å². The van der Waals surface area contributed by atoms with Crippen LogP contribution in [-0.4, -0.2) is 11.1 Å². The summed E-state index contributed by atoms with van der Waals surface area (Å²) in [4.78, 5) is 10.4. The van der Waals surface area contributed by atoms with Gasteiger partial charge in [0.25, 0.3) is 0 Å². The van der Waals surface area contributed by atoms with Crippen molar-refractivity contribution in [3.8, 4) is 0 Å². The molecule has 84 valence electrons. The molecule has 0 saturated heterocycles. The first kappa shape index (κ1) is 12.0. The summed E-state index contributed by atoms with van der Waals surface area (Å²) in [5.74, 6) is -0.283. The van der Waals surface area contributed by atoms with Crippen LogP contribution < -0.4 is 0 Å². The van der Waals surface area contributed by atoms with E-state index in [1.807, 2.05) is 0 Å². The Hall–Kier alpha value is -1.05. The number of hydrogen-bond acceptors (Lipinski definition) is 1. The van der Waals surface area contributed by atoms with Gasteiger partial charge >= 0.3 is 5.97 Å². The number of carboxylic acids is 1. The second-order valence-corrected chi connectivity index (χ2v) is 4.86. The van der Waals surface area contributed by atoms with E-state index in [1.165, 1.54) is 11.6 Å². The van der Waals surface area contributed by atoms with Crippen molar-refractivity contribution in [3.63, 3.8) is 0 Å². The molecular formula is C13H20O2. The zero-order valence-electron chi connectivity index (χ0n) is 9.79. The Kier molecular flexibility index (Phi) is 3.72. The quantitative estimate of drug-likeness (QED) is 0.570. The molecule has 0 radical (unpaired) electrons. The van der Waals surface area contributed by atoms with Crippen molar-refractivity contribution < 1.29 is 9.90 Å². The molecule has 0 heterocycles. The first-order valence-corrected chi connectivity index (χ1v) is 5.51. The molecule has 0 amide bonds. The van der Waals surface area contributed by atoms with Gasteiger partial charge in [-0.05, 0) is 37.5 Å². The third kappa shape index (κ3) is 2.95. The van der Waals surface area contributed by atoms with Crippen molar-refractivity contribution >= 4 is 5.97 Å². The first-order chi connectivity index (χ1) is 6.94. The highest BCUT2D eigenvalue weighted by Crippen LogP contribution is 2.43. The topological polar surface area (TPSA) is 37.3 Å². The van der Waals surface area contributed by atoms with Crippen molar-refractivity contribution in [1.82, 2.24) is 0 Å². The van der Waals surface area contributed by atoms with E-state index < -0.39 is 5.97 Å². The molecule has 1 unspecified atom stereocenters. The number of rotatable bonds is 3. The van der Waals surface area contributed by atoms with Gasteiger partial charge in [-0.1, -0.05) is 31.6 Å². The van der Waals surface area contributed by atoms with Crippen LogP contribution in [0.1, 0.15) is 40.0 Å². The minimum atomic E-state index is -0.851. The van der Waals surface area contributed by atoms with Crippen molar-refractivity contribution in [2.45, 2.75) is 40.0 Å². The summed E-state index contributed by atoms with van der Waals surface area (Å²) in [6, 6.07) is 0. The van der Waals surface area contributed by atoms with Gasteiger partial charge in [-0.3, -0.25) is 0 Å². The highest BCUT2D eigenvalue weighted by molar-refractivity contribution is 5.79. The number of carboxylic acid groups (broad SMARTS) is 1. The van der Waals surface area contributed by atoms with Crippen LogP contribution in [0, 0.1) is 11.3 Å². The van der Waals surface area contributed by atoms with E-state index in [4.69, 9.17) is 5.11 Å². The fraction of sp³-hybridized carbons (Fsp3) is 0.615. The zero-order valence-corrected chi connectivity index (χ0v) is 9.79. The molecule has 1 rings (SSSR count). The Balaban J connectivity index is 2.63. The predicted octanol–water partition coefficient (Wildman–Crippen LogP) is 3.40. The molecule has 2 nitrogen and oxygen atoms in total. The smallest absolute Gasteiger partial charge is 0.327 e. The second-order valence-electron chi connectivity index (χ2n) is 4.86. The summed E-state index contributed by atoms with van der Waals surface area (Å²) < 4.78 is 0. The number of aliphatic carboxylic acids is 1. The molecule has 0 saturated carbocycles. The number of carbonyl (C=O) groups is 1. The summed E-state index contributed by atoms with van der Waals surface area (Å²) in [5, 5.41) is 8.53. The van der Waals surface area contributed by atoms with E-state index in [-0.39, 0.29) is 5.41 Å². The molecular weight excluding hydrogens is 188 g/mol. The Morgan fingerprint density at radius 1 is 1.67 bits per heavy atom. The molecule has 0 aromatic heterocycles. The standard InChI is InChI=1S/C13H20O2/c1-10-6-4-7-11(13(10,2)3)8-5-9-12(14)15/h5-6,9,11H,4,7-8H2,1-3H3,(H,14,15). The minimum Gasteiger partial charge on any atom is -0.478 e. The SMILES string of the molecule is CC1=CCCC(CC=CC(=O)O)C1(C)C. The van der Waals surface area contributed by atoms with E-state index in [0.29, 0.717) is 5.92 Å². The van der Waals surface area contributed by atoms with Crippen LogP contribution in [0.4, 0.5) is 0 Å². The van der Waals surface area contributed by atoms with Gasteiger partial charge in [0, 0.05) is 6.08 Å². The molecule has 0 fully saturated rings. The monoisotopic (exact) mass is 208 g/mol. The van der Waals surface area contributed by atoms with Crippen LogP contribution in [0.2, 0.25) is 0 Å². The maximum atomic E-state index is 10.4. The lowest BCUT2D eigenvalue weighted by Gasteiger charge is -2.38. The van der Waals surface area contributed by atoms with Crippen LogP contribution >= 0.6 is 0 Å². The summed E-state index contributed by atoms with van der Waals surface area (Å²) >= 11 is 0. The van der Waals surface area contributed by atoms with Crippen LogP contribution in [0.3, 0.4) is 0 Å². The molecule has 0 aromatic rings. The van der Waals surface area contributed by atoms with Crippen LogP contribution in [0.25, 0.3) is 0 Å². The maximum absolute atomic E-state index is 10.4. The zero-order chi connectivity index (χ0) is 11.5. The normalized spacial score (nSPS) is 25.3. The highest BCUT2D eigenvalue weighted by Gasteiger charge is 2.31. The fourth-order valence-corrected chi connectivity index (χ4v) is 2.19. The lowest BCUT2D eigenvalue weighted by atomic mass is 9.67. The molecule has 0 aliphatic heterocycles. The van der Waals surface area contributed by atoms with Crippen molar-refractivity contribution in [2.75, 3.05) is 0 Å². The van der Waals surface area contributed by atoms with Crippen molar-refractivity contribution in [1.29, 1.82) is 0 Å². The lowest BCUT2D eigenvalue weighted by Crippen LogP contribution is -2.27. The van der Waals surface area contributed by atoms with Crippen molar-refractivity contribution in [3.05, 3.63) is 23.8 Å². The fourth-order valence-electron chi connectivity index (χ4n) is 2.19. The largest absolute Gasteiger partial charge is 0.478 e. The van der Waals surface area contributed by atoms with Crippen molar-refractivity contribution in [2.24, 2.45) is 11.3 Å².